The molecule has 2 N–H and O–H groups in total. The van der Waals surface area contributed by atoms with E-state index in [9.17, 15) is 4.79 Å². The number of pyridine rings is 1. The van der Waals surface area contributed by atoms with Gasteiger partial charge in [-0.1, -0.05) is 0 Å². The van der Waals surface area contributed by atoms with Crippen LogP contribution in [0.3, 0.4) is 0 Å². The molecule has 2 heterocycles. The molecule has 0 saturated carbocycles. The van der Waals surface area contributed by atoms with Gasteiger partial charge in [0.05, 0.1) is 18.2 Å². The molecule has 0 spiro atoms. The summed E-state index contributed by atoms with van der Waals surface area (Å²) in [5, 5.41) is 9.00. The number of H-pyrrole nitrogens is 1. The highest BCUT2D eigenvalue weighted by molar-refractivity contribution is 5.70. The number of aliphatic hydroxyl groups is 1. The molecule has 0 bridgehead atoms. The molecule has 0 aliphatic rings. The fourth-order valence-corrected chi connectivity index (χ4v) is 1.48. The van der Waals surface area contributed by atoms with E-state index < -0.39 is 0 Å². The maximum atomic E-state index is 11.5. The Kier molecular flexibility index (Phi) is 2.09. The van der Waals surface area contributed by atoms with Crippen molar-refractivity contribution in [1.29, 1.82) is 0 Å². The monoisotopic (exact) mass is 193 g/mol. The van der Waals surface area contributed by atoms with Crippen LogP contribution < -0.4 is 5.69 Å². The number of fused-ring (bicyclic) bond motifs is 1. The Balaban J connectivity index is 2.74. The van der Waals surface area contributed by atoms with Crippen LogP contribution in [-0.2, 0) is 0 Å². The van der Waals surface area contributed by atoms with Gasteiger partial charge in [-0.05, 0) is 19.1 Å². The molecule has 0 amide bonds. The third-order valence-corrected chi connectivity index (χ3v) is 2.20. The van der Waals surface area contributed by atoms with E-state index in [-0.39, 0.29) is 18.3 Å². The lowest BCUT2D eigenvalue weighted by atomic mass is 10.3. The molecule has 0 fully saturated rings. The van der Waals surface area contributed by atoms with E-state index in [4.69, 9.17) is 5.11 Å². The van der Waals surface area contributed by atoms with Gasteiger partial charge in [0.25, 0.3) is 0 Å². The topological polar surface area (TPSA) is 70.9 Å². The summed E-state index contributed by atoms with van der Waals surface area (Å²) >= 11 is 0. The maximum absolute atomic E-state index is 11.5. The number of nitrogens with one attached hydrogen (secondary N) is 1. The van der Waals surface area contributed by atoms with Crippen LogP contribution in [0.1, 0.15) is 13.0 Å². The molecule has 2 rings (SSSR count). The Morgan fingerprint density at radius 3 is 3.21 bits per heavy atom. The maximum Gasteiger partial charge on any atom is 0.328 e. The average Bonchev–Trinajstić information content (AvgIpc) is 2.53. The fourth-order valence-electron chi connectivity index (χ4n) is 1.48. The first-order valence-electron chi connectivity index (χ1n) is 4.40. The largest absolute Gasteiger partial charge is 0.394 e. The van der Waals surface area contributed by atoms with E-state index >= 15 is 0 Å². The van der Waals surface area contributed by atoms with E-state index in [0.717, 1.165) is 5.52 Å². The van der Waals surface area contributed by atoms with Gasteiger partial charge in [0.15, 0.2) is 5.65 Å². The normalized spacial score (nSPS) is 13.3. The molecule has 2 aromatic rings. The predicted molar refractivity (Wildman–Crippen MR) is 52.2 cm³/mol. The minimum absolute atomic E-state index is 0.0677. The number of aliphatic hydroxyl groups excluding tert-OH is 1. The van der Waals surface area contributed by atoms with Crippen LogP contribution >= 0.6 is 0 Å². The van der Waals surface area contributed by atoms with Crippen molar-refractivity contribution in [2.24, 2.45) is 0 Å². The van der Waals surface area contributed by atoms with E-state index in [1.807, 2.05) is 0 Å². The second-order valence-electron chi connectivity index (χ2n) is 3.20. The van der Waals surface area contributed by atoms with Crippen molar-refractivity contribution in [2.75, 3.05) is 6.61 Å². The second-order valence-corrected chi connectivity index (χ2v) is 3.20. The van der Waals surface area contributed by atoms with Gasteiger partial charge in [0, 0.05) is 6.20 Å². The van der Waals surface area contributed by atoms with E-state index in [0.29, 0.717) is 5.65 Å². The SMILES string of the molecule is CC(CO)n1c(=O)[nH]c2ncccc21. The summed E-state index contributed by atoms with van der Waals surface area (Å²) in [4.78, 5) is 18.1. The molecule has 5 heteroatoms. The van der Waals surface area contributed by atoms with Crippen molar-refractivity contribution in [3.05, 3.63) is 28.8 Å². The molecule has 1 atom stereocenters. The first-order valence-corrected chi connectivity index (χ1v) is 4.40. The summed E-state index contributed by atoms with van der Waals surface area (Å²) in [6.07, 6.45) is 1.62. The minimum atomic E-state index is -0.236. The van der Waals surface area contributed by atoms with Crippen LogP contribution in [0.25, 0.3) is 11.2 Å². The zero-order valence-electron chi connectivity index (χ0n) is 7.77. The van der Waals surface area contributed by atoms with Crippen LogP contribution in [0, 0.1) is 0 Å². The Labute approximate surface area is 80.0 Å². The van der Waals surface area contributed by atoms with Gasteiger partial charge in [-0.2, -0.15) is 0 Å². The number of imidazole rings is 1. The van der Waals surface area contributed by atoms with Crippen LogP contribution in [0.15, 0.2) is 23.1 Å². The van der Waals surface area contributed by atoms with Crippen molar-refractivity contribution in [2.45, 2.75) is 13.0 Å². The van der Waals surface area contributed by atoms with Crippen molar-refractivity contribution >= 4 is 11.2 Å². The van der Waals surface area contributed by atoms with Crippen molar-refractivity contribution in [3.8, 4) is 0 Å². The number of aromatic amines is 1. The fraction of sp³-hybridized carbons (Fsp3) is 0.333. The first-order chi connectivity index (χ1) is 6.74. The standard InChI is InChI=1S/C9H11N3O2/c1-6(5-13)12-7-3-2-4-10-8(7)11-9(12)14/h2-4,6,13H,5H2,1H3,(H,10,11,14). The van der Waals surface area contributed by atoms with E-state index in [2.05, 4.69) is 9.97 Å². The Bertz CT molecular complexity index is 500. The minimum Gasteiger partial charge on any atom is -0.394 e. The van der Waals surface area contributed by atoms with E-state index in [1.54, 1.807) is 25.3 Å². The third-order valence-electron chi connectivity index (χ3n) is 2.20. The Hall–Kier alpha value is -1.62. The molecule has 0 aromatic carbocycles. The molecule has 0 saturated heterocycles. The second kappa shape index (κ2) is 3.26. The molecule has 0 aliphatic carbocycles. The van der Waals surface area contributed by atoms with Crippen LogP contribution in [0.4, 0.5) is 0 Å². The molecule has 1 unspecified atom stereocenters. The molecule has 5 nitrogen and oxygen atoms in total. The quantitative estimate of drug-likeness (QED) is 0.719. The third kappa shape index (κ3) is 1.22. The van der Waals surface area contributed by atoms with Gasteiger partial charge in [-0.25, -0.2) is 9.78 Å². The van der Waals surface area contributed by atoms with Crippen molar-refractivity contribution < 1.29 is 5.11 Å². The molecule has 0 aliphatic heterocycles. The first kappa shape index (κ1) is 8.96. The molecule has 0 radical (unpaired) electrons. The highest BCUT2D eigenvalue weighted by Gasteiger charge is 2.11. The highest BCUT2D eigenvalue weighted by Crippen LogP contribution is 2.11. The molecule has 74 valence electrons. The summed E-state index contributed by atoms with van der Waals surface area (Å²) in [6, 6.07) is 3.32. The van der Waals surface area contributed by atoms with Gasteiger partial charge in [0.1, 0.15) is 0 Å². The van der Waals surface area contributed by atoms with Gasteiger partial charge in [-0.15, -0.1) is 0 Å². The number of nitrogens with zero attached hydrogens (tertiary/aromatic N) is 2. The number of aromatic nitrogens is 3. The summed E-state index contributed by atoms with van der Waals surface area (Å²) < 4.78 is 1.50. The Morgan fingerprint density at radius 2 is 2.50 bits per heavy atom. The summed E-state index contributed by atoms with van der Waals surface area (Å²) in [6.45, 7) is 1.71. The number of hydrogen-bond donors (Lipinski definition) is 2. The van der Waals surface area contributed by atoms with Gasteiger partial charge >= 0.3 is 5.69 Å². The highest BCUT2D eigenvalue weighted by atomic mass is 16.3. The predicted octanol–water partition coefficient (Wildman–Crippen LogP) is 0.278. The van der Waals surface area contributed by atoms with Crippen molar-refractivity contribution in [3.63, 3.8) is 0 Å². The molecular formula is C9H11N3O2. The van der Waals surface area contributed by atoms with Gasteiger partial charge < -0.3 is 5.11 Å². The Morgan fingerprint density at radius 1 is 1.71 bits per heavy atom. The smallest absolute Gasteiger partial charge is 0.328 e. The zero-order valence-corrected chi connectivity index (χ0v) is 7.77. The summed E-state index contributed by atoms with van der Waals surface area (Å²) in [7, 11) is 0. The average molecular weight is 193 g/mol. The number of rotatable bonds is 2. The number of hydrogen-bond acceptors (Lipinski definition) is 3. The van der Waals surface area contributed by atoms with Crippen LogP contribution in [0.2, 0.25) is 0 Å². The van der Waals surface area contributed by atoms with Gasteiger partial charge in [-0.3, -0.25) is 9.55 Å². The van der Waals surface area contributed by atoms with Gasteiger partial charge in [0.2, 0.25) is 0 Å². The molecular weight excluding hydrogens is 182 g/mol. The molecule has 2 aromatic heterocycles. The van der Waals surface area contributed by atoms with E-state index in [1.165, 1.54) is 4.57 Å². The summed E-state index contributed by atoms with van der Waals surface area (Å²) in [5.41, 5.74) is 1.04. The lowest BCUT2D eigenvalue weighted by molar-refractivity contribution is 0.239. The zero-order chi connectivity index (χ0) is 10.1. The lowest BCUT2D eigenvalue weighted by Gasteiger charge is -2.08. The molecule has 14 heavy (non-hydrogen) atoms. The summed E-state index contributed by atoms with van der Waals surface area (Å²) in [5.74, 6) is 0. The lowest BCUT2D eigenvalue weighted by Crippen LogP contribution is -2.22. The van der Waals surface area contributed by atoms with Crippen molar-refractivity contribution in [1.82, 2.24) is 14.5 Å². The van der Waals surface area contributed by atoms with Crippen LogP contribution in [-0.4, -0.2) is 26.2 Å². The van der Waals surface area contributed by atoms with Crippen LogP contribution in [0.5, 0.6) is 0 Å².